The summed E-state index contributed by atoms with van der Waals surface area (Å²) in [4.78, 5) is 15.2. The Morgan fingerprint density at radius 2 is 0.931 bits per heavy atom. The molecule has 144 valence electrons. The highest BCUT2D eigenvalue weighted by Crippen LogP contribution is 2.69. The lowest BCUT2D eigenvalue weighted by molar-refractivity contribution is -0.131. The number of hydrogen-bond donors (Lipinski definition) is 0. The number of carbonyl (C=O) groups is 1. The summed E-state index contributed by atoms with van der Waals surface area (Å²) in [5, 5.41) is 0. The molecule has 2 nitrogen and oxygen atoms in total. The summed E-state index contributed by atoms with van der Waals surface area (Å²) in [5.41, 5.74) is 2.29. The summed E-state index contributed by atoms with van der Waals surface area (Å²) >= 11 is 0. The molecule has 0 unspecified atom stereocenters. The average molecular weight is 399 g/mol. The fourth-order valence-corrected chi connectivity index (χ4v) is 6.48. The highest BCUT2D eigenvalue weighted by molar-refractivity contribution is 8.30. The highest BCUT2D eigenvalue weighted by atomic mass is 32.3. The summed E-state index contributed by atoms with van der Waals surface area (Å²) in [7, 11) is -2.18. The van der Waals surface area contributed by atoms with E-state index in [4.69, 9.17) is 4.18 Å². The molecule has 0 fully saturated rings. The summed E-state index contributed by atoms with van der Waals surface area (Å²) in [6.07, 6.45) is 0. The maximum atomic E-state index is 12.3. The lowest BCUT2D eigenvalue weighted by Gasteiger charge is -2.39. The Morgan fingerprint density at radius 1 is 0.552 bits per heavy atom. The predicted molar refractivity (Wildman–Crippen MR) is 119 cm³/mol. The van der Waals surface area contributed by atoms with Gasteiger partial charge in [0.25, 0.3) is 0 Å². The fourth-order valence-electron chi connectivity index (χ4n) is 3.42. The molecule has 0 aliphatic heterocycles. The summed E-state index contributed by atoms with van der Waals surface area (Å²) in [6, 6.07) is 38.7. The van der Waals surface area contributed by atoms with Crippen molar-refractivity contribution < 1.29 is 8.98 Å². The van der Waals surface area contributed by atoms with E-state index in [-0.39, 0.29) is 5.97 Å². The van der Waals surface area contributed by atoms with E-state index in [2.05, 4.69) is 36.4 Å². The van der Waals surface area contributed by atoms with E-state index in [0.29, 0.717) is 0 Å². The molecule has 0 spiro atoms. The second kappa shape index (κ2) is 8.38. The second-order valence-electron chi connectivity index (χ2n) is 6.65. The lowest BCUT2D eigenvalue weighted by Crippen LogP contribution is -2.11. The van der Waals surface area contributed by atoms with E-state index in [0.717, 1.165) is 25.8 Å². The van der Waals surface area contributed by atoms with Gasteiger partial charge in [0.2, 0.25) is 0 Å². The molecule has 0 aliphatic rings. The Bertz CT molecular complexity index is 1040. The van der Waals surface area contributed by atoms with Gasteiger partial charge in [-0.3, -0.25) is 4.79 Å². The first-order valence-corrected chi connectivity index (χ1v) is 11.0. The molecule has 0 bridgehead atoms. The van der Waals surface area contributed by atoms with E-state index >= 15 is 0 Å². The van der Waals surface area contributed by atoms with E-state index in [1.807, 2.05) is 78.9 Å². The molecule has 4 aromatic rings. The van der Waals surface area contributed by atoms with Crippen molar-refractivity contribution in [3.05, 3.63) is 115 Å². The van der Waals surface area contributed by atoms with E-state index in [9.17, 15) is 4.79 Å². The zero-order valence-corrected chi connectivity index (χ0v) is 17.0. The minimum atomic E-state index is -2.18. The zero-order valence-electron chi connectivity index (χ0n) is 16.2. The predicted octanol–water partition coefficient (Wildman–Crippen LogP) is 7.11. The molecule has 0 aromatic heterocycles. The van der Waals surface area contributed by atoms with Crippen molar-refractivity contribution in [2.45, 2.75) is 21.6 Å². The molecular weight excluding hydrogens is 376 g/mol. The maximum Gasteiger partial charge on any atom is 0.313 e. The zero-order chi connectivity index (χ0) is 20.1. The van der Waals surface area contributed by atoms with Crippen molar-refractivity contribution in [3.63, 3.8) is 0 Å². The van der Waals surface area contributed by atoms with Crippen LogP contribution in [0.25, 0.3) is 11.1 Å². The molecule has 0 radical (unpaired) electrons. The first-order chi connectivity index (χ1) is 14.2. The van der Waals surface area contributed by atoms with Gasteiger partial charge in [0, 0.05) is 21.6 Å². The Morgan fingerprint density at radius 3 is 1.38 bits per heavy atom. The van der Waals surface area contributed by atoms with Crippen LogP contribution in [0.15, 0.2) is 130 Å². The van der Waals surface area contributed by atoms with Crippen molar-refractivity contribution in [2.24, 2.45) is 0 Å². The Kier molecular flexibility index (Phi) is 5.50. The Hall–Kier alpha value is -3.30. The normalized spacial score (nSPS) is 11.6. The Labute approximate surface area is 173 Å². The number of rotatable bonds is 5. The number of benzene rings is 4. The van der Waals surface area contributed by atoms with Gasteiger partial charge in [-0.15, -0.1) is 0 Å². The van der Waals surface area contributed by atoms with Gasteiger partial charge in [-0.2, -0.15) is 0 Å². The molecule has 0 aliphatic carbocycles. The van der Waals surface area contributed by atoms with Crippen LogP contribution in [0.5, 0.6) is 0 Å². The van der Waals surface area contributed by atoms with Crippen LogP contribution >= 0.6 is 10.3 Å². The van der Waals surface area contributed by atoms with Crippen LogP contribution in [0.2, 0.25) is 0 Å². The van der Waals surface area contributed by atoms with E-state index in [1.54, 1.807) is 0 Å². The molecule has 4 rings (SSSR count). The van der Waals surface area contributed by atoms with Crippen LogP contribution in [-0.2, 0) is 8.98 Å². The van der Waals surface area contributed by atoms with Gasteiger partial charge in [0.15, 0.2) is 0 Å². The van der Waals surface area contributed by atoms with Crippen molar-refractivity contribution in [1.29, 1.82) is 0 Å². The van der Waals surface area contributed by atoms with Crippen LogP contribution in [0, 0.1) is 0 Å². The molecule has 4 aromatic carbocycles. The molecule has 0 amide bonds. The smallest absolute Gasteiger partial charge is 0.313 e. The minimum absolute atomic E-state index is 0.292. The second-order valence-corrected chi connectivity index (χ2v) is 9.34. The van der Waals surface area contributed by atoms with E-state index in [1.165, 1.54) is 6.92 Å². The van der Waals surface area contributed by atoms with Gasteiger partial charge >= 0.3 is 5.97 Å². The minimum Gasteiger partial charge on any atom is -0.402 e. The third-order valence-corrected chi connectivity index (χ3v) is 7.98. The molecular formula is C26H22O2S. The SMILES string of the molecule is CC(=O)OS(c1ccccc1)(c1ccccc1)c1ccc(-c2ccccc2)cc1. The van der Waals surface area contributed by atoms with Crippen LogP contribution in [0.1, 0.15) is 6.92 Å². The van der Waals surface area contributed by atoms with Crippen molar-refractivity contribution >= 4 is 16.3 Å². The van der Waals surface area contributed by atoms with Crippen LogP contribution in [0.4, 0.5) is 0 Å². The summed E-state index contributed by atoms with van der Waals surface area (Å²) < 4.78 is 6.19. The molecule has 0 saturated heterocycles. The highest BCUT2D eigenvalue weighted by Gasteiger charge is 2.34. The average Bonchev–Trinajstić information content (AvgIpc) is 2.79. The summed E-state index contributed by atoms with van der Waals surface area (Å²) in [6.45, 7) is 1.48. The van der Waals surface area contributed by atoms with Crippen LogP contribution < -0.4 is 0 Å². The molecule has 0 atom stereocenters. The largest absolute Gasteiger partial charge is 0.402 e. The van der Waals surface area contributed by atoms with Crippen LogP contribution in [0.3, 0.4) is 0 Å². The topological polar surface area (TPSA) is 26.3 Å². The maximum absolute atomic E-state index is 12.3. The van der Waals surface area contributed by atoms with Gasteiger partial charge in [-0.05, 0) is 57.8 Å². The summed E-state index contributed by atoms with van der Waals surface area (Å²) in [5.74, 6) is -0.292. The van der Waals surface area contributed by atoms with Gasteiger partial charge in [-0.1, -0.05) is 78.9 Å². The fraction of sp³-hybridized carbons (Fsp3) is 0.0385. The van der Waals surface area contributed by atoms with Crippen molar-refractivity contribution in [2.75, 3.05) is 0 Å². The third-order valence-electron chi connectivity index (χ3n) is 4.69. The molecule has 0 saturated carbocycles. The first kappa shape index (κ1) is 19.0. The first-order valence-electron chi connectivity index (χ1n) is 9.49. The van der Waals surface area contributed by atoms with Gasteiger partial charge in [-0.25, -0.2) is 0 Å². The molecule has 0 heterocycles. The number of hydrogen-bond acceptors (Lipinski definition) is 2. The molecule has 29 heavy (non-hydrogen) atoms. The lowest BCUT2D eigenvalue weighted by atomic mass is 10.1. The van der Waals surface area contributed by atoms with Gasteiger partial charge < -0.3 is 4.18 Å². The van der Waals surface area contributed by atoms with E-state index < -0.39 is 10.3 Å². The molecule has 3 heteroatoms. The van der Waals surface area contributed by atoms with Crippen molar-refractivity contribution in [1.82, 2.24) is 0 Å². The monoisotopic (exact) mass is 398 g/mol. The third kappa shape index (κ3) is 3.82. The van der Waals surface area contributed by atoms with Gasteiger partial charge in [0.1, 0.15) is 0 Å². The van der Waals surface area contributed by atoms with Crippen molar-refractivity contribution in [3.8, 4) is 11.1 Å². The molecule has 0 N–H and O–H groups in total. The van der Waals surface area contributed by atoms with Gasteiger partial charge in [0.05, 0.1) is 0 Å². The quantitative estimate of drug-likeness (QED) is 0.358. The standard InChI is InChI=1S/C26H22O2S/c1-21(27)28-29(24-13-7-3-8-14-24,25-15-9-4-10-16-25)26-19-17-23(18-20-26)22-11-5-2-6-12-22/h2-20H,1H3. The Balaban J connectivity index is 1.91. The number of carbonyl (C=O) groups excluding carboxylic acids is 1. The van der Waals surface area contributed by atoms with Crippen LogP contribution in [-0.4, -0.2) is 5.97 Å².